The third-order valence-corrected chi connectivity index (χ3v) is 5.84. The van der Waals surface area contributed by atoms with Crippen molar-refractivity contribution in [3.8, 4) is 0 Å². The van der Waals surface area contributed by atoms with Gasteiger partial charge in [0.2, 0.25) is 11.8 Å². The Hall–Kier alpha value is -2.46. The van der Waals surface area contributed by atoms with Gasteiger partial charge >= 0.3 is 0 Å². The Labute approximate surface area is 227 Å². The van der Waals surface area contributed by atoms with Crippen LogP contribution in [0.15, 0.2) is 36.4 Å². The molecule has 1 aromatic rings. The van der Waals surface area contributed by atoms with E-state index in [0.29, 0.717) is 19.4 Å². The van der Waals surface area contributed by atoms with Crippen molar-refractivity contribution in [2.45, 2.75) is 65.8 Å². The molecule has 1 rings (SSSR count). The molecular formula is C27H46ClN5O4. The van der Waals surface area contributed by atoms with E-state index in [4.69, 9.17) is 11.5 Å². The maximum atomic E-state index is 13.5. The molecule has 37 heavy (non-hydrogen) atoms. The van der Waals surface area contributed by atoms with E-state index in [1.165, 1.54) is 5.01 Å². The fourth-order valence-electron chi connectivity index (χ4n) is 4.02. The van der Waals surface area contributed by atoms with Crippen molar-refractivity contribution < 1.29 is 19.6 Å². The standard InChI is InChI=1S/C27H45N5O4.ClH/c1-19(2)17-23(22(26(34)31-36)14-10-13-21-11-6-5-7-12-21)25(33)30-32(18-20(3)4)27(35)24(29)15-8-9-16-28;/h5-7,10-13,19-20,22-24,36H,8-9,14-18,28-29H2,1-4H3,(H,30,33)(H,31,34);1H/t22-,23+,24+;/m0./s1. The molecule has 0 heterocycles. The summed E-state index contributed by atoms with van der Waals surface area (Å²) in [5.41, 5.74) is 17.1. The van der Waals surface area contributed by atoms with Crippen LogP contribution in [0.1, 0.15) is 65.4 Å². The molecule has 0 radical (unpaired) electrons. The highest BCUT2D eigenvalue weighted by Crippen LogP contribution is 2.26. The molecule has 7 N–H and O–H groups in total. The summed E-state index contributed by atoms with van der Waals surface area (Å²) < 4.78 is 0. The number of hydrogen-bond acceptors (Lipinski definition) is 6. The highest BCUT2D eigenvalue weighted by Gasteiger charge is 2.35. The lowest BCUT2D eigenvalue weighted by atomic mass is 9.82. The summed E-state index contributed by atoms with van der Waals surface area (Å²) in [6.07, 6.45) is 6.28. The minimum atomic E-state index is -0.827. The number of nitrogens with two attached hydrogens (primary N) is 2. The summed E-state index contributed by atoms with van der Waals surface area (Å²) in [4.78, 5) is 39.2. The second kappa shape index (κ2) is 18.7. The van der Waals surface area contributed by atoms with Gasteiger partial charge in [-0.05, 0) is 49.6 Å². The molecule has 0 aliphatic heterocycles. The van der Waals surface area contributed by atoms with Gasteiger partial charge in [0, 0.05) is 6.54 Å². The summed E-state index contributed by atoms with van der Waals surface area (Å²) in [6, 6.07) is 8.84. The predicted octanol–water partition coefficient (Wildman–Crippen LogP) is 3.27. The fourth-order valence-corrected chi connectivity index (χ4v) is 4.02. The molecule has 9 nitrogen and oxygen atoms in total. The Bertz CT molecular complexity index is 835. The number of hydroxylamine groups is 1. The Kier molecular flexibility index (Phi) is 17.5. The first-order valence-electron chi connectivity index (χ1n) is 12.8. The van der Waals surface area contributed by atoms with Crippen LogP contribution in [0.25, 0.3) is 6.08 Å². The van der Waals surface area contributed by atoms with Crippen LogP contribution in [0.5, 0.6) is 0 Å². The van der Waals surface area contributed by atoms with Crippen molar-refractivity contribution in [3.05, 3.63) is 42.0 Å². The molecule has 0 unspecified atom stereocenters. The molecule has 0 saturated heterocycles. The first kappa shape index (κ1) is 34.5. The van der Waals surface area contributed by atoms with Crippen LogP contribution in [0.4, 0.5) is 0 Å². The highest BCUT2D eigenvalue weighted by atomic mass is 35.5. The molecule has 0 bridgehead atoms. The van der Waals surface area contributed by atoms with Crippen molar-refractivity contribution in [1.29, 1.82) is 0 Å². The van der Waals surface area contributed by atoms with E-state index in [2.05, 4.69) is 5.43 Å². The molecule has 0 aliphatic rings. The third-order valence-electron chi connectivity index (χ3n) is 5.84. The van der Waals surface area contributed by atoms with Crippen LogP contribution in [0.2, 0.25) is 0 Å². The maximum absolute atomic E-state index is 13.5. The molecule has 0 aromatic heterocycles. The monoisotopic (exact) mass is 539 g/mol. The van der Waals surface area contributed by atoms with E-state index in [0.717, 1.165) is 18.4 Å². The smallest absolute Gasteiger partial charge is 0.257 e. The van der Waals surface area contributed by atoms with E-state index in [-0.39, 0.29) is 43.1 Å². The van der Waals surface area contributed by atoms with Gasteiger partial charge in [-0.25, -0.2) is 5.48 Å². The number of amides is 3. The average Bonchev–Trinajstić information content (AvgIpc) is 2.84. The van der Waals surface area contributed by atoms with Gasteiger partial charge in [0.25, 0.3) is 5.91 Å². The lowest BCUT2D eigenvalue weighted by Gasteiger charge is -2.31. The molecule has 0 saturated carbocycles. The van der Waals surface area contributed by atoms with E-state index in [1.807, 2.05) is 70.2 Å². The third kappa shape index (κ3) is 13.1. The normalized spacial score (nSPS) is 13.6. The zero-order valence-electron chi connectivity index (χ0n) is 22.6. The number of allylic oxidation sites excluding steroid dienone is 1. The lowest BCUT2D eigenvalue weighted by Crippen LogP contribution is -2.56. The van der Waals surface area contributed by atoms with Crippen molar-refractivity contribution in [1.82, 2.24) is 15.9 Å². The van der Waals surface area contributed by atoms with Crippen molar-refractivity contribution in [2.75, 3.05) is 13.1 Å². The number of nitrogens with one attached hydrogen (secondary N) is 2. The molecule has 10 heteroatoms. The quantitative estimate of drug-likeness (QED) is 0.131. The summed E-state index contributed by atoms with van der Waals surface area (Å²) in [6.45, 7) is 8.60. The van der Waals surface area contributed by atoms with E-state index in [1.54, 1.807) is 5.48 Å². The van der Waals surface area contributed by atoms with Gasteiger partial charge in [0.15, 0.2) is 0 Å². The maximum Gasteiger partial charge on any atom is 0.257 e. The first-order valence-corrected chi connectivity index (χ1v) is 12.8. The molecule has 0 aliphatic carbocycles. The van der Waals surface area contributed by atoms with Crippen LogP contribution in [0.3, 0.4) is 0 Å². The van der Waals surface area contributed by atoms with Gasteiger partial charge in [-0.15, -0.1) is 12.4 Å². The van der Waals surface area contributed by atoms with Crippen LogP contribution in [-0.4, -0.2) is 47.1 Å². The number of benzene rings is 1. The Morgan fingerprint density at radius 3 is 2.19 bits per heavy atom. The number of unbranched alkanes of at least 4 members (excludes halogenated alkanes) is 1. The summed E-state index contributed by atoms with van der Waals surface area (Å²) in [5, 5.41) is 10.7. The topological polar surface area (TPSA) is 151 Å². The molecule has 3 amide bonds. The van der Waals surface area contributed by atoms with E-state index >= 15 is 0 Å². The van der Waals surface area contributed by atoms with Gasteiger partial charge in [-0.1, -0.05) is 76.6 Å². The highest BCUT2D eigenvalue weighted by molar-refractivity contribution is 5.89. The molecule has 3 atom stereocenters. The number of carbonyl (C=O) groups is 3. The van der Waals surface area contributed by atoms with Gasteiger partial charge in [-0.2, -0.15) is 0 Å². The second-order valence-corrected chi connectivity index (χ2v) is 10.1. The van der Waals surface area contributed by atoms with Crippen LogP contribution in [-0.2, 0) is 14.4 Å². The van der Waals surface area contributed by atoms with E-state index in [9.17, 15) is 19.6 Å². The fraction of sp³-hybridized carbons (Fsp3) is 0.593. The van der Waals surface area contributed by atoms with Gasteiger partial charge in [-0.3, -0.25) is 30.0 Å². The largest absolute Gasteiger partial charge is 0.330 e. The summed E-state index contributed by atoms with van der Waals surface area (Å²) >= 11 is 0. The zero-order chi connectivity index (χ0) is 27.1. The molecule has 0 fully saturated rings. The zero-order valence-corrected chi connectivity index (χ0v) is 23.4. The first-order chi connectivity index (χ1) is 17.1. The van der Waals surface area contributed by atoms with Crippen molar-refractivity contribution in [2.24, 2.45) is 35.1 Å². The van der Waals surface area contributed by atoms with Crippen molar-refractivity contribution in [3.63, 3.8) is 0 Å². The number of rotatable bonds is 15. The average molecular weight is 540 g/mol. The Balaban J connectivity index is 0.0000130. The van der Waals surface area contributed by atoms with Gasteiger partial charge in [0.05, 0.1) is 17.9 Å². The number of halogens is 1. The van der Waals surface area contributed by atoms with Gasteiger partial charge < -0.3 is 11.5 Å². The number of carbonyl (C=O) groups excluding carboxylic acids is 3. The number of nitrogens with zero attached hydrogens (tertiary/aromatic N) is 1. The number of hydrazine groups is 1. The molecular weight excluding hydrogens is 494 g/mol. The SMILES string of the molecule is CC(C)C[C@@H](C(=O)NN(CC(C)C)C(=O)[C@H](N)CCCCN)[C@H](CC=Cc1ccccc1)C(=O)NO.Cl. The van der Waals surface area contributed by atoms with Crippen molar-refractivity contribution >= 4 is 36.2 Å². The van der Waals surface area contributed by atoms with Crippen LogP contribution >= 0.6 is 12.4 Å². The van der Waals surface area contributed by atoms with Crippen LogP contribution in [0, 0.1) is 23.7 Å². The Morgan fingerprint density at radius 2 is 1.65 bits per heavy atom. The molecule has 1 aromatic carbocycles. The van der Waals surface area contributed by atoms with Gasteiger partial charge in [0.1, 0.15) is 0 Å². The minimum Gasteiger partial charge on any atom is -0.330 e. The molecule has 0 spiro atoms. The lowest BCUT2D eigenvalue weighted by molar-refractivity contribution is -0.148. The molecule has 210 valence electrons. The summed E-state index contributed by atoms with van der Waals surface area (Å²) in [7, 11) is 0. The second-order valence-electron chi connectivity index (χ2n) is 10.1. The number of hydrogen-bond donors (Lipinski definition) is 5. The summed E-state index contributed by atoms with van der Waals surface area (Å²) in [5.74, 6) is -2.88. The van der Waals surface area contributed by atoms with Crippen LogP contribution < -0.4 is 22.4 Å². The predicted molar refractivity (Wildman–Crippen MR) is 149 cm³/mol. The van der Waals surface area contributed by atoms with E-state index < -0.39 is 29.7 Å². The minimum absolute atomic E-state index is 0. The Morgan fingerprint density at radius 1 is 1.00 bits per heavy atom.